The van der Waals surface area contributed by atoms with Crippen LogP contribution >= 0.6 is 0 Å². The van der Waals surface area contributed by atoms with Crippen LogP contribution in [0, 0.1) is 10.1 Å². The second kappa shape index (κ2) is 11.7. The van der Waals surface area contributed by atoms with Crippen molar-refractivity contribution >= 4 is 34.3 Å². The van der Waals surface area contributed by atoms with E-state index in [0.29, 0.717) is 16.7 Å². The van der Waals surface area contributed by atoms with Gasteiger partial charge in [0, 0.05) is 29.5 Å². The first-order valence-corrected chi connectivity index (χ1v) is 11.4. The van der Waals surface area contributed by atoms with Crippen LogP contribution in [0.15, 0.2) is 84.9 Å². The molecule has 4 rings (SSSR count). The van der Waals surface area contributed by atoms with Gasteiger partial charge in [-0.05, 0) is 29.7 Å². The van der Waals surface area contributed by atoms with E-state index in [0.717, 1.165) is 11.1 Å². The molecule has 0 aliphatic carbocycles. The molecule has 0 aliphatic heterocycles. The van der Waals surface area contributed by atoms with Gasteiger partial charge in [-0.1, -0.05) is 60.7 Å². The summed E-state index contributed by atoms with van der Waals surface area (Å²) in [5, 5.41) is 14.8. The molecule has 0 spiro atoms. The molecule has 0 saturated carbocycles. The van der Waals surface area contributed by atoms with E-state index < -0.39 is 22.9 Å². The summed E-state index contributed by atoms with van der Waals surface area (Å²) in [7, 11) is 0. The van der Waals surface area contributed by atoms with E-state index in [-0.39, 0.29) is 31.7 Å². The Morgan fingerprint density at radius 2 is 1.53 bits per heavy atom. The second-order valence-corrected chi connectivity index (χ2v) is 8.19. The molecule has 0 radical (unpaired) electrons. The van der Waals surface area contributed by atoms with Gasteiger partial charge in [0.25, 0.3) is 5.69 Å². The summed E-state index contributed by atoms with van der Waals surface area (Å²) in [5.41, 5.74) is 2.34. The van der Waals surface area contributed by atoms with Crippen LogP contribution in [0.2, 0.25) is 0 Å². The zero-order valence-corrected chi connectivity index (χ0v) is 19.4. The summed E-state index contributed by atoms with van der Waals surface area (Å²) in [6.45, 7) is 0.242. The molecule has 1 heterocycles. The molecule has 0 bridgehead atoms. The van der Waals surface area contributed by atoms with E-state index in [1.54, 1.807) is 12.1 Å². The second-order valence-electron chi connectivity index (χ2n) is 8.19. The Morgan fingerprint density at radius 1 is 0.889 bits per heavy atom. The number of ether oxygens (including phenoxy) is 2. The van der Waals surface area contributed by atoms with Gasteiger partial charge in [-0.2, -0.15) is 0 Å². The third-order valence-electron chi connectivity index (χ3n) is 5.53. The lowest BCUT2D eigenvalue weighted by Crippen LogP contribution is -2.32. The molecule has 0 aliphatic rings. The van der Waals surface area contributed by atoms with Gasteiger partial charge in [0.1, 0.15) is 25.1 Å². The quantitative estimate of drug-likeness (QED) is 0.171. The molecular formula is C27H25N3O6. The number of nitro groups is 1. The van der Waals surface area contributed by atoms with Crippen LogP contribution in [0.4, 0.5) is 11.5 Å². The Hall–Kier alpha value is -4.66. The van der Waals surface area contributed by atoms with Crippen LogP contribution in [0.5, 0.6) is 0 Å². The van der Waals surface area contributed by atoms with E-state index in [2.05, 4.69) is 10.3 Å². The van der Waals surface area contributed by atoms with Crippen molar-refractivity contribution in [2.75, 3.05) is 5.32 Å². The minimum Gasteiger partial charge on any atom is -0.461 e. The lowest BCUT2D eigenvalue weighted by Gasteiger charge is -2.18. The minimum absolute atomic E-state index is 0.00334. The van der Waals surface area contributed by atoms with Crippen LogP contribution in [-0.2, 0) is 32.3 Å². The van der Waals surface area contributed by atoms with Gasteiger partial charge in [0.2, 0.25) is 0 Å². The number of H-pyrrole nitrogens is 1. The number of nitro benzene ring substituents is 1. The zero-order valence-electron chi connectivity index (χ0n) is 19.4. The van der Waals surface area contributed by atoms with Gasteiger partial charge in [-0.3, -0.25) is 14.9 Å². The van der Waals surface area contributed by atoms with Crippen molar-refractivity contribution in [1.82, 2.24) is 4.98 Å². The van der Waals surface area contributed by atoms with Crippen molar-refractivity contribution in [3.63, 3.8) is 0 Å². The smallest absolute Gasteiger partial charge is 0.328 e. The van der Waals surface area contributed by atoms with Crippen LogP contribution in [0.25, 0.3) is 10.9 Å². The predicted molar refractivity (Wildman–Crippen MR) is 134 cm³/mol. The van der Waals surface area contributed by atoms with E-state index in [4.69, 9.17) is 9.47 Å². The molecule has 9 nitrogen and oxygen atoms in total. The Labute approximate surface area is 207 Å². The van der Waals surface area contributed by atoms with Crippen LogP contribution in [0.1, 0.15) is 24.0 Å². The van der Waals surface area contributed by atoms with E-state index in [1.165, 1.54) is 12.1 Å². The van der Waals surface area contributed by atoms with E-state index in [1.807, 2.05) is 60.7 Å². The average Bonchev–Trinajstić information content (AvgIpc) is 3.31. The third-order valence-corrected chi connectivity index (χ3v) is 5.53. The molecule has 0 amide bonds. The maximum absolute atomic E-state index is 12.9. The fourth-order valence-corrected chi connectivity index (χ4v) is 3.65. The summed E-state index contributed by atoms with van der Waals surface area (Å²) in [5.74, 6) is -0.488. The highest BCUT2D eigenvalue weighted by atomic mass is 16.6. The van der Waals surface area contributed by atoms with Crippen LogP contribution < -0.4 is 5.32 Å². The maximum Gasteiger partial charge on any atom is 0.328 e. The molecule has 1 aromatic heterocycles. The summed E-state index contributed by atoms with van der Waals surface area (Å²) in [6.07, 6.45) is 0.132. The first kappa shape index (κ1) is 24.5. The number of carbonyl (C=O) groups excluding carboxylic acids is 2. The van der Waals surface area contributed by atoms with Crippen molar-refractivity contribution in [2.24, 2.45) is 0 Å². The largest absolute Gasteiger partial charge is 0.461 e. The molecule has 0 saturated heterocycles. The Morgan fingerprint density at radius 3 is 2.17 bits per heavy atom. The molecule has 3 aromatic carbocycles. The number of benzene rings is 3. The molecule has 2 N–H and O–H groups in total. The van der Waals surface area contributed by atoms with Crippen LogP contribution in [0.3, 0.4) is 0 Å². The Balaban J connectivity index is 1.42. The van der Waals surface area contributed by atoms with Gasteiger partial charge in [0.05, 0.1) is 4.92 Å². The number of aromatic nitrogens is 1. The highest BCUT2D eigenvalue weighted by Crippen LogP contribution is 2.24. The average molecular weight is 488 g/mol. The monoisotopic (exact) mass is 487 g/mol. The number of hydrogen-bond acceptors (Lipinski definition) is 7. The van der Waals surface area contributed by atoms with E-state index in [9.17, 15) is 19.7 Å². The number of nitrogens with zero attached hydrogens (tertiary/aromatic N) is 1. The maximum atomic E-state index is 12.9. The molecule has 9 heteroatoms. The number of carbonyl (C=O) groups is 2. The normalized spacial score (nSPS) is 11.6. The topological polar surface area (TPSA) is 124 Å². The summed E-state index contributed by atoms with van der Waals surface area (Å²) in [6, 6.07) is 23.9. The first-order valence-electron chi connectivity index (χ1n) is 11.4. The van der Waals surface area contributed by atoms with Gasteiger partial charge in [0.15, 0.2) is 0 Å². The molecule has 36 heavy (non-hydrogen) atoms. The van der Waals surface area contributed by atoms with Crippen molar-refractivity contribution in [1.29, 1.82) is 0 Å². The SMILES string of the molecule is O=C(CC[C@H](Nc1cc2cc([N+](=O)[O-])ccc2[nH]1)C(=O)OCc1ccccc1)OCc1ccccc1. The Kier molecular flexibility index (Phi) is 7.92. The van der Waals surface area contributed by atoms with Gasteiger partial charge in [-0.25, -0.2) is 4.79 Å². The fourth-order valence-electron chi connectivity index (χ4n) is 3.65. The standard InChI is InChI=1S/C27H25N3O6/c31-26(35-17-19-7-3-1-4-8-19)14-13-24(27(32)36-18-20-9-5-2-6-10-20)29-25-16-21-15-22(30(33)34)11-12-23(21)28-25/h1-12,15-16,24,28-29H,13-14,17-18H2/t24-/m0/s1. The number of anilines is 1. The van der Waals surface area contributed by atoms with Crippen molar-refractivity contribution in [3.8, 4) is 0 Å². The van der Waals surface area contributed by atoms with Gasteiger partial charge < -0.3 is 19.8 Å². The highest BCUT2D eigenvalue weighted by molar-refractivity contribution is 5.87. The van der Waals surface area contributed by atoms with Crippen molar-refractivity contribution in [3.05, 3.63) is 106 Å². The molecule has 4 aromatic rings. The predicted octanol–water partition coefficient (Wildman–Crippen LogP) is 5.12. The number of rotatable bonds is 11. The molecule has 0 unspecified atom stereocenters. The first-order chi connectivity index (χ1) is 17.5. The third kappa shape index (κ3) is 6.69. The highest BCUT2D eigenvalue weighted by Gasteiger charge is 2.23. The van der Waals surface area contributed by atoms with E-state index >= 15 is 0 Å². The molecule has 1 atom stereocenters. The summed E-state index contributed by atoms with van der Waals surface area (Å²) >= 11 is 0. The molecular weight excluding hydrogens is 462 g/mol. The fraction of sp³-hybridized carbons (Fsp3) is 0.185. The zero-order chi connectivity index (χ0) is 25.3. The van der Waals surface area contributed by atoms with Crippen molar-refractivity contribution in [2.45, 2.75) is 32.1 Å². The number of aromatic amines is 1. The minimum atomic E-state index is -0.846. The van der Waals surface area contributed by atoms with Gasteiger partial charge >= 0.3 is 11.9 Å². The lowest BCUT2D eigenvalue weighted by atomic mass is 10.1. The van der Waals surface area contributed by atoms with Gasteiger partial charge in [-0.15, -0.1) is 0 Å². The lowest BCUT2D eigenvalue weighted by molar-refractivity contribution is -0.384. The number of esters is 2. The number of fused-ring (bicyclic) bond motifs is 1. The molecule has 184 valence electrons. The number of non-ortho nitro benzene ring substituents is 1. The number of nitrogens with one attached hydrogen (secondary N) is 2. The van der Waals surface area contributed by atoms with Crippen LogP contribution in [-0.4, -0.2) is 27.9 Å². The number of hydrogen-bond donors (Lipinski definition) is 2. The summed E-state index contributed by atoms with van der Waals surface area (Å²) < 4.78 is 10.8. The van der Waals surface area contributed by atoms with Crippen molar-refractivity contribution < 1.29 is 24.0 Å². The summed E-state index contributed by atoms with van der Waals surface area (Å²) in [4.78, 5) is 39.0. The molecule has 0 fully saturated rings. The Bertz CT molecular complexity index is 1340.